The van der Waals surface area contributed by atoms with E-state index in [0.29, 0.717) is 11.8 Å². The van der Waals surface area contributed by atoms with E-state index in [1.54, 1.807) is 13.4 Å². The first-order chi connectivity index (χ1) is 8.13. The summed E-state index contributed by atoms with van der Waals surface area (Å²) < 4.78 is 7.09. The summed E-state index contributed by atoms with van der Waals surface area (Å²) in [5.74, 6) is 0. The summed E-state index contributed by atoms with van der Waals surface area (Å²) in [4.78, 5) is 4.21. The van der Waals surface area contributed by atoms with Gasteiger partial charge in [0.15, 0.2) is 0 Å². The van der Waals surface area contributed by atoms with Gasteiger partial charge in [0.05, 0.1) is 18.0 Å². The largest absolute Gasteiger partial charge is 0.380 e. The molecule has 0 fully saturated rings. The van der Waals surface area contributed by atoms with E-state index in [4.69, 9.17) is 16.3 Å². The number of benzene rings is 1. The van der Waals surface area contributed by atoms with Gasteiger partial charge in [0.1, 0.15) is 11.5 Å². The minimum atomic E-state index is 0.560. The van der Waals surface area contributed by atoms with Gasteiger partial charge in [-0.2, -0.15) is 0 Å². The van der Waals surface area contributed by atoms with Crippen LogP contribution in [0.3, 0.4) is 0 Å². The molecule has 4 heteroatoms. The van der Waals surface area contributed by atoms with E-state index in [0.717, 1.165) is 16.9 Å². The van der Waals surface area contributed by atoms with Crippen LogP contribution in [0, 0.1) is 13.8 Å². The zero-order chi connectivity index (χ0) is 12.4. The molecule has 0 aliphatic rings. The van der Waals surface area contributed by atoms with Gasteiger partial charge in [-0.1, -0.05) is 29.3 Å². The third-order valence-corrected chi connectivity index (χ3v) is 3.13. The molecular formula is C13H15ClN2O. The topological polar surface area (TPSA) is 27.1 Å². The Kier molecular flexibility index (Phi) is 3.50. The lowest BCUT2D eigenvalue weighted by molar-refractivity contribution is 0.184. The number of hydrogen-bond acceptors (Lipinski definition) is 2. The molecule has 0 bridgehead atoms. The predicted octanol–water partition coefficient (Wildman–Crippen LogP) is 3.29. The van der Waals surface area contributed by atoms with Crippen molar-refractivity contribution in [2.75, 3.05) is 7.11 Å². The normalized spacial score (nSPS) is 10.8. The molecule has 0 saturated heterocycles. The second-order valence-electron chi connectivity index (χ2n) is 4.06. The average molecular weight is 251 g/mol. The molecule has 0 atom stereocenters. The van der Waals surface area contributed by atoms with Crippen LogP contribution in [-0.4, -0.2) is 16.7 Å². The first kappa shape index (κ1) is 12.1. The predicted molar refractivity (Wildman–Crippen MR) is 68.8 cm³/mol. The van der Waals surface area contributed by atoms with Crippen molar-refractivity contribution in [1.29, 1.82) is 0 Å². The number of halogens is 1. The summed E-state index contributed by atoms with van der Waals surface area (Å²) in [6, 6.07) is 6.20. The maximum Gasteiger partial charge on any atom is 0.136 e. The monoisotopic (exact) mass is 250 g/mol. The van der Waals surface area contributed by atoms with Gasteiger partial charge in [-0.15, -0.1) is 0 Å². The minimum Gasteiger partial charge on any atom is -0.380 e. The highest BCUT2D eigenvalue weighted by molar-refractivity contribution is 6.30. The van der Waals surface area contributed by atoms with Gasteiger partial charge in [-0.3, -0.25) is 4.57 Å². The third-order valence-electron chi connectivity index (χ3n) is 2.67. The van der Waals surface area contributed by atoms with E-state index in [1.807, 2.05) is 17.6 Å². The first-order valence-electron chi connectivity index (χ1n) is 5.41. The molecule has 0 unspecified atom stereocenters. The van der Waals surface area contributed by atoms with Crippen LogP contribution in [0.4, 0.5) is 0 Å². The Morgan fingerprint density at radius 1 is 1.35 bits per heavy atom. The second kappa shape index (κ2) is 4.90. The van der Waals surface area contributed by atoms with E-state index < -0.39 is 0 Å². The number of aryl methyl sites for hydroxylation is 2. The van der Waals surface area contributed by atoms with E-state index in [-0.39, 0.29) is 0 Å². The Labute approximate surface area is 106 Å². The Morgan fingerprint density at radius 2 is 2.12 bits per heavy atom. The molecular weight excluding hydrogens is 236 g/mol. The lowest BCUT2D eigenvalue weighted by atomic mass is 10.1. The van der Waals surface area contributed by atoms with Gasteiger partial charge in [-0.05, 0) is 19.9 Å². The maximum absolute atomic E-state index is 6.21. The number of nitrogens with zero attached hydrogens (tertiary/aromatic N) is 2. The van der Waals surface area contributed by atoms with Crippen molar-refractivity contribution >= 4 is 11.6 Å². The Bertz CT molecular complexity index is 534. The summed E-state index contributed by atoms with van der Waals surface area (Å²) in [5.41, 5.74) is 4.15. The molecule has 90 valence electrons. The lowest BCUT2D eigenvalue weighted by Crippen LogP contribution is -2.00. The number of methoxy groups -OCH3 is 1. The molecule has 2 rings (SSSR count). The fourth-order valence-electron chi connectivity index (χ4n) is 1.81. The highest BCUT2D eigenvalue weighted by Gasteiger charge is 2.10. The smallest absolute Gasteiger partial charge is 0.136 e. The van der Waals surface area contributed by atoms with E-state index in [2.05, 4.69) is 24.0 Å². The van der Waals surface area contributed by atoms with Crippen molar-refractivity contribution in [2.45, 2.75) is 20.5 Å². The van der Waals surface area contributed by atoms with Crippen molar-refractivity contribution in [3.63, 3.8) is 0 Å². The van der Waals surface area contributed by atoms with Gasteiger partial charge < -0.3 is 4.74 Å². The summed E-state index contributed by atoms with van der Waals surface area (Å²) in [6.45, 7) is 4.51. The first-order valence-corrected chi connectivity index (χ1v) is 5.79. The van der Waals surface area contributed by atoms with Crippen molar-refractivity contribution in [3.05, 3.63) is 46.5 Å². The SMILES string of the molecule is COCc1cc(C)ccc1-n1cnc(C)c1Cl. The molecule has 1 aromatic heterocycles. The van der Waals surface area contributed by atoms with Crippen molar-refractivity contribution in [3.8, 4) is 5.69 Å². The van der Waals surface area contributed by atoms with E-state index in [9.17, 15) is 0 Å². The maximum atomic E-state index is 6.21. The van der Waals surface area contributed by atoms with Crippen molar-refractivity contribution in [2.24, 2.45) is 0 Å². The molecule has 0 aliphatic carbocycles. The molecule has 0 aliphatic heterocycles. The van der Waals surface area contributed by atoms with Crippen LogP contribution in [0.15, 0.2) is 24.5 Å². The third kappa shape index (κ3) is 2.35. The van der Waals surface area contributed by atoms with Crippen LogP contribution >= 0.6 is 11.6 Å². The van der Waals surface area contributed by atoms with Gasteiger partial charge in [-0.25, -0.2) is 4.98 Å². The zero-order valence-electron chi connectivity index (χ0n) is 10.2. The van der Waals surface area contributed by atoms with Crippen LogP contribution in [0.5, 0.6) is 0 Å². The summed E-state index contributed by atoms with van der Waals surface area (Å²) in [6.07, 6.45) is 1.74. The number of hydrogen-bond donors (Lipinski definition) is 0. The molecule has 17 heavy (non-hydrogen) atoms. The molecule has 0 radical (unpaired) electrons. The number of ether oxygens (including phenoxy) is 1. The number of imidazole rings is 1. The zero-order valence-corrected chi connectivity index (χ0v) is 11.0. The van der Waals surface area contributed by atoms with Gasteiger partial charge in [0.25, 0.3) is 0 Å². The van der Waals surface area contributed by atoms with Gasteiger partial charge >= 0.3 is 0 Å². The number of rotatable bonds is 3. The van der Waals surface area contributed by atoms with E-state index >= 15 is 0 Å². The summed E-state index contributed by atoms with van der Waals surface area (Å²) in [5, 5.41) is 0.645. The molecule has 0 N–H and O–H groups in total. The van der Waals surface area contributed by atoms with Crippen LogP contribution in [-0.2, 0) is 11.3 Å². The highest BCUT2D eigenvalue weighted by atomic mass is 35.5. The molecule has 1 aromatic carbocycles. The lowest BCUT2D eigenvalue weighted by Gasteiger charge is -2.11. The quantitative estimate of drug-likeness (QED) is 0.836. The Hall–Kier alpha value is -1.32. The average Bonchev–Trinajstić information content (AvgIpc) is 2.61. The number of aromatic nitrogens is 2. The molecule has 0 amide bonds. The fourth-order valence-corrected chi connectivity index (χ4v) is 1.99. The van der Waals surface area contributed by atoms with E-state index in [1.165, 1.54) is 5.56 Å². The molecule has 0 spiro atoms. The van der Waals surface area contributed by atoms with Crippen LogP contribution in [0.1, 0.15) is 16.8 Å². The van der Waals surface area contributed by atoms with Crippen LogP contribution < -0.4 is 0 Å². The minimum absolute atomic E-state index is 0.560. The summed E-state index contributed by atoms with van der Waals surface area (Å²) in [7, 11) is 1.69. The van der Waals surface area contributed by atoms with Crippen molar-refractivity contribution in [1.82, 2.24) is 9.55 Å². The standard InChI is InChI=1S/C13H15ClN2O/c1-9-4-5-12(11(6-9)7-17-3)16-8-15-10(2)13(16)14/h4-6,8H,7H2,1-3H3. The molecule has 0 saturated carbocycles. The summed E-state index contributed by atoms with van der Waals surface area (Å²) >= 11 is 6.21. The van der Waals surface area contributed by atoms with Gasteiger partial charge in [0.2, 0.25) is 0 Å². The van der Waals surface area contributed by atoms with Gasteiger partial charge in [0, 0.05) is 12.7 Å². The fraction of sp³-hybridized carbons (Fsp3) is 0.308. The van der Waals surface area contributed by atoms with Crippen molar-refractivity contribution < 1.29 is 4.74 Å². The molecule has 3 nitrogen and oxygen atoms in total. The molecule has 1 heterocycles. The second-order valence-corrected chi connectivity index (χ2v) is 4.41. The van der Waals surface area contributed by atoms with Crippen LogP contribution in [0.2, 0.25) is 5.15 Å². The Balaban J connectivity index is 2.54. The Morgan fingerprint density at radius 3 is 2.71 bits per heavy atom. The molecule has 2 aromatic rings. The highest BCUT2D eigenvalue weighted by Crippen LogP contribution is 2.23. The van der Waals surface area contributed by atoms with Crippen LogP contribution in [0.25, 0.3) is 5.69 Å².